The summed E-state index contributed by atoms with van der Waals surface area (Å²) in [6, 6.07) is 0.0321. The minimum absolute atomic E-state index is 0.0321. The Bertz CT molecular complexity index is 453. The number of piperazine rings is 1. The molecule has 0 spiro atoms. The van der Waals surface area contributed by atoms with Crippen molar-refractivity contribution in [3.8, 4) is 0 Å². The number of anilines is 1. The van der Waals surface area contributed by atoms with E-state index in [-0.39, 0.29) is 6.04 Å². The topological polar surface area (TPSA) is 78.0 Å². The van der Waals surface area contributed by atoms with E-state index in [1.54, 1.807) is 11.3 Å². The quantitative estimate of drug-likeness (QED) is 0.371. The van der Waals surface area contributed by atoms with E-state index in [0.29, 0.717) is 5.84 Å². The Labute approximate surface area is 123 Å². The van der Waals surface area contributed by atoms with Crippen molar-refractivity contribution in [1.29, 1.82) is 0 Å². The fourth-order valence-electron chi connectivity index (χ4n) is 2.55. The fourth-order valence-corrected chi connectivity index (χ4v) is 3.51. The Hall–Kier alpha value is -1.34. The van der Waals surface area contributed by atoms with Crippen LogP contribution in [-0.4, -0.2) is 53.1 Å². The molecule has 1 aliphatic rings. The van der Waals surface area contributed by atoms with Crippen molar-refractivity contribution in [2.24, 2.45) is 10.9 Å². The third-order valence-corrected chi connectivity index (χ3v) is 4.72. The van der Waals surface area contributed by atoms with Crippen LogP contribution in [0.2, 0.25) is 0 Å². The molecule has 0 aromatic carbocycles. The van der Waals surface area contributed by atoms with Crippen LogP contribution in [0, 0.1) is 0 Å². The lowest BCUT2D eigenvalue weighted by molar-refractivity contribution is 0.216. The van der Waals surface area contributed by atoms with E-state index in [1.807, 2.05) is 0 Å². The molecule has 1 fully saturated rings. The van der Waals surface area contributed by atoms with E-state index in [1.165, 1.54) is 0 Å². The average molecular weight is 297 g/mol. The molecule has 1 aromatic heterocycles. The number of rotatable bonds is 5. The van der Waals surface area contributed by atoms with E-state index in [0.717, 1.165) is 49.8 Å². The molecule has 2 rings (SSSR count). The van der Waals surface area contributed by atoms with Gasteiger partial charge in [0, 0.05) is 31.6 Å². The zero-order chi connectivity index (χ0) is 14.5. The van der Waals surface area contributed by atoms with E-state index < -0.39 is 0 Å². The second-order valence-corrected chi connectivity index (χ2v) is 5.78. The van der Waals surface area contributed by atoms with Crippen molar-refractivity contribution >= 4 is 22.3 Å². The summed E-state index contributed by atoms with van der Waals surface area (Å²) >= 11 is 1.71. The van der Waals surface area contributed by atoms with Crippen molar-refractivity contribution in [2.75, 3.05) is 31.1 Å². The summed E-state index contributed by atoms with van der Waals surface area (Å²) < 4.78 is 0. The first-order valence-electron chi connectivity index (χ1n) is 7.10. The summed E-state index contributed by atoms with van der Waals surface area (Å²) in [6.45, 7) is 7.88. The summed E-state index contributed by atoms with van der Waals surface area (Å²) in [5, 5.41) is 15.2. The highest BCUT2D eigenvalue weighted by Gasteiger charge is 2.26. The molecule has 0 bridgehead atoms. The maximum absolute atomic E-state index is 8.84. The Morgan fingerprint density at radius 1 is 1.45 bits per heavy atom. The summed E-state index contributed by atoms with van der Waals surface area (Å²) in [5.41, 5.74) is 6.92. The van der Waals surface area contributed by atoms with Gasteiger partial charge in [0.05, 0.1) is 11.7 Å². The highest BCUT2D eigenvalue weighted by Crippen LogP contribution is 2.22. The normalized spacial score (nSPS) is 19.3. The molecule has 0 amide bonds. The predicted molar refractivity (Wildman–Crippen MR) is 82.8 cm³/mol. The molecular formula is C13H23N5OS. The molecule has 1 aliphatic heterocycles. The molecule has 0 radical (unpaired) electrons. The maximum Gasteiger partial charge on any atom is 0.185 e. The fraction of sp³-hybridized carbons (Fsp3) is 0.692. The first-order chi connectivity index (χ1) is 9.69. The molecule has 1 aromatic rings. The van der Waals surface area contributed by atoms with Gasteiger partial charge < -0.3 is 15.8 Å². The SMILES string of the molecule is CCc1csc(N2CCN(C(CC)C(N)=NO)CC2)n1. The van der Waals surface area contributed by atoms with Gasteiger partial charge in [-0.3, -0.25) is 4.90 Å². The zero-order valence-corrected chi connectivity index (χ0v) is 12.9. The standard InChI is InChI=1S/C13H23N5OS/c1-3-10-9-20-13(15-10)18-7-5-17(6-8-18)11(4-2)12(14)16-19/h9,11,19H,3-8H2,1-2H3,(H2,14,16). The minimum Gasteiger partial charge on any atom is -0.409 e. The second-order valence-electron chi connectivity index (χ2n) is 4.95. The highest BCUT2D eigenvalue weighted by molar-refractivity contribution is 7.13. The molecule has 20 heavy (non-hydrogen) atoms. The third kappa shape index (κ3) is 3.21. The lowest BCUT2D eigenvalue weighted by atomic mass is 10.1. The van der Waals surface area contributed by atoms with E-state index >= 15 is 0 Å². The smallest absolute Gasteiger partial charge is 0.185 e. The lowest BCUT2D eigenvalue weighted by Crippen LogP contribution is -2.54. The van der Waals surface area contributed by atoms with Gasteiger partial charge in [0.2, 0.25) is 0 Å². The molecule has 1 unspecified atom stereocenters. The van der Waals surface area contributed by atoms with Crippen LogP contribution in [0.3, 0.4) is 0 Å². The number of hydrogen-bond donors (Lipinski definition) is 2. The number of aryl methyl sites for hydroxylation is 1. The van der Waals surface area contributed by atoms with Crippen LogP contribution in [-0.2, 0) is 6.42 Å². The molecule has 6 nitrogen and oxygen atoms in total. The van der Waals surface area contributed by atoms with E-state index in [2.05, 4.69) is 39.2 Å². The monoisotopic (exact) mass is 297 g/mol. The molecule has 1 saturated heterocycles. The van der Waals surface area contributed by atoms with Gasteiger partial charge in [-0.15, -0.1) is 11.3 Å². The molecule has 0 saturated carbocycles. The Morgan fingerprint density at radius 3 is 2.65 bits per heavy atom. The van der Waals surface area contributed by atoms with Crippen molar-refractivity contribution in [1.82, 2.24) is 9.88 Å². The molecular weight excluding hydrogens is 274 g/mol. The number of oxime groups is 1. The van der Waals surface area contributed by atoms with Crippen molar-refractivity contribution in [3.05, 3.63) is 11.1 Å². The number of hydrogen-bond acceptors (Lipinski definition) is 6. The van der Waals surface area contributed by atoms with Gasteiger partial charge in [-0.2, -0.15) is 0 Å². The highest BCUT2D eigenvalue weighted by atomic mass is 32.1. The number of nitrogens with two attached hydrogens (primary N) is 1. The Morgan fingerprint density at radius 2 is 2.15 bits per heavy atom. The van der Waals surface area contributed by atoms with Crippen molar-refractivity contribution in [3.63, 3.8) is 0 Å². The summed E-state index contributed by atoms with van der Waals surface area (Å²) in [5.74, 6) is 0.309. The lowest BCUT2D eigenvalue weighted by Gasteiger charge is -2.38. The van der Waals surface area contributed by atoms with Gasteiger partial charge >= 0.3 is 0 Å². The molecule has 2 heterocycles. The molecule has 112 valence electrons. The van der Waals surface area contributed by atoms with E-state index in [4.69, 9.17) is 10.9 Å². The second kappa shape index (κ2) is 6.90. The van der Waals surface area contributed by atoms with Crippen LogP contribution in [0.25, 0.3) is 0 Å². The van der Waals surface area contributed by atoms with Crippen molar-refractivity contribution < 1.29 is 5.21 Å². The van der Waals surface area contributed by atoms with Gasteiger partial charge in [-0.1, -0.05) is 19.0 Å². The minimum atomic E-state index is 0.0321. The third-order valence-electron chi connectivity index (χ3n) is 3.77. The summed E-state index contributed by atoms with van der Waals surface area (Å²) in [7, 11) is 0. The summed E-state index contributed by atoms with van der Waals surface area (Å²) in [4.78, 5) is 9.23. The Balaban J connectivity index is 1.94. The maximum atomic E-state index is 8.84. The largest absolute Gasteiger partial charge is 0.409 e. The number of thiazole rings is 1. The first kappa shape index (κ1) is 15.1. The van der Waals surface area contributed by atoms with Crippen LogP contribution in [0.4, 0.5) is 5.13 Å². The van der Waals surface area contributed by atoms with Crippen molar-refractivity contribution in [2.45, 2.75) is 32.7 Å². The van der Waals surface area contributed by atoms with E-state index in [9.17, 15) is 0 Å². The average Bonchev–Trinajstić information content (AvgIpc) is 2.97. The Kier molecular flexibility index (Phi) is 5.19. The predicted octanol–water partition coefficient (Wildman–Crippen LogP) is 1.35. The summed E-state index contributed by atoms with van der Waals surface area (Å²) in [6.07, 6.45) is 1.84. The van der Waals surface area contributed by atoms with Crippen LogP contribution in [0.1, 0.15) is 26.0 Å². The van der Waals surface area contributed by atoms with Crippen LogP contribution in [0.15, 0.2) is 10.5 Å². The van der Waals surface area contributed by atoms with Gasteiger partial charge in [-0.05, 0) is 12.8 Å². The number of aromatic nitrogens is 1. The van der Waals surface area contributed by atoms with Crippen LogP contribution >= 0.6 is 11.3 Å². The van der Waals surface area contributed by atoms with Crippen LogP contribution < -0.4 is 10.6 Å². The number of nitrogens with zero attached hydrogens (tertiary/aromatic N) is 4. The zero-order valence-electron chi connectivity index (χ0n) is 12.1. The van der Waals surface area contributed by atoms with Crippen LogP contribution in [0.5, 0.6) is 0 Å². The van der Waals surface area contributed by atoms with Gasteiger partial charge in [-0.25, -0.2) is 4.98 Å². The molecule has 3 N–H and O–H groups in total. The first-order valence-corrected chi connectivity index (χ1v) is 7.98. The molecule has 7 heteroatoms. The van der Waals surface area contributed by atoms with Gasteiger partial charge in [0.15, 0.2) is 11.0 Å². The molecule has 0 aliphatic carbocycles. The van der Waals surface area contributed by atoms with Gasteiger partial charge in [0.1, 0.15) is 0 Å². The number of amidine groups is 1. The molecule has 1 atom stereocenters. The van der Waals surface area contributed by atoms with Gasteiger partial charge in [0.25, 0.3) is 0 Å².